The van der Waals surface area contributed by atoms with Crippen LogP contribution in [0.4, 0.5) is 25.4 Å². The number of amides is 5. The fourth-order valence-electron chi connectivity index (χ4n) is 4.26. The largest absolute Gasteiger partial charge is 0.488 e. The number of likely N-dealkylation sites (N-methyl/N-ethyl adjacent to an activating group) is 1. The summed E-state index contributed by atoms with van der Waals surface area (Å²) in [5.74, 6) is -0.312. The highest BCUT2D eigenvalue weighted by molar-refractivity contribution is 5.90. The second-order valence-electron chi connectivity index (χ2n) is 10.3. The zero-order valence-electron chi connectivity index (χ0n) is 23.0. The fourth-order valence-corrected chi connectivity index (χ4v) is 4.26. The van der Waals surface area contributed by atoms with Crippen LogP contribution >= 0.6 is 0 Å². The first kappa shape index (κ1) is 29.7. The minimum atomic E-state index is -0.505. The van der Waals surface area contributed by atoms with Crippen molar-refractivity contribution >= 4 is 29.3 Å². The van der Waals surface area contributed by atoms with Gasteiger partial charge in [0.05, 0.1) is 25.6 Å². The van der Waals surface area contributed by atoms with Crippen LogP contribution < -0.4 is 20.7 Å². The van der Waals surface area contributed by atoms with Crippen LogP contribution in [0.5, 0.6) is 5.75 Å². The first-order valence-electron chi connectivity index (χ1n) is 13.0. The van der Waals surface area contributed by atoms with Crippen LogP contribution in [-0.4, -0.2) is 77.8 Å². The molecule has 10 nitrogen and oxygen atoms in total. The van der Waals surface area contributed by atoms with Gasteiger partial charge in [-0.3, -0.25) is 4.79 Å². The number of aliphatic hydroxyl groups excluding tert-OH is 1. The van der Waals surface area contributed by atoms with Gasteiger partial charge in [0.1, 0.15) is 17.7 Å². The van der Waals surface area contributed by atoms with E-state index in [4.69, 9.17) is 4.74 Å². The van der Waals surface area contributed by atoms with Crippen molar-refractivity contribution in [2.75, 3.05) is 37.4 Å². The number of nitrogens with zero attached hydrogens (tertiary/aromatic N) is 2. The number of ether oxygens (including phenoxy) is 1. The van der Waals surface area contributed by atoms with Gasteiger partial charge in [0, 0.05) is 42.5 Å². The van der Waals surface area contributed by atoms with E-state index in [-0.39, 0.29) is 43.5 Å². The maximum Gasteiger partial charge on any atom is 0.321 e. The first-order chi connectivity index (χ1) is 18.5. The van der Waals surface area contributed by atoms with Crippen LogP contribution in [0.2, 0.25) is 0 Å². The van der Waals surface area contributed by atoms with E-state index in [1.807, 2.05) is 20.8 Å². The van der Waals surface area contributed by atoms with Crippen molar-refractivity contribution in [3.8, 4) is 5.75 Å². The molecule has 2 aromatic carbocycles. The number of halogens is 1. The summed E-state index contributed by atoms with van der Waals surface area (Å²) in [7, 11) is 1.63. The molecule has 11 heteroatoms. The van der Waals surface area contributed by atoms with E-state index in [1.165, 1.54) is 29.2 Å². The van der Waals surface area contributed by atoms with E-state index in [9.17, 15) is 23.9 Å². The van der Waals surface area contributed by atoms with Crippen LogP contribution in [-0.2, 0) is 11.2 Å². The summed E-state index contributed by atoms with van der Waals surface area (Å²) < 4.78 is 19.6. The van der Waals surface area contributed by atoms with E-state index in [1.54, 1.807) is 37.1 Å². The summed E-state index contributed by atoms with van der Waals surface area (Å²) in [6.45, 7) is 7.71. The Kier molecular flexibility index (Phi) is 10.1. The molecular weight excluding hydrogens is 505 g/mol. The Bertz CT molecular complexity index is 1160. The summed E-state index contributed by atoms with van der Waals surface area (Å²) in [6, 6.07) is 9.36. The van der Waals surface area contributed by atoms with Gasteiger partial charge in [-0.05, 0) is 63.2 Å². The van der Waals surface area contributed by atoms with Crippen LogP contribution in [0.15, 0.2) is 42.5 Å². The van der Waals surface area contributed by atoms with Crippen molar-refractivity contribution in [1.82, 2.24) is 15.1 Å². The molecule has 0 fully saturated rings. The highest BCUT2D eigenvalue weighted by Crippen LogP contribution is 2.29. The summed E-state index contributed by atoms with van der Waals surface area (Å²) in [5, 5.41) is 18.1. The Morgan fingerprint density at radius 1 is 1.13 bits per heavy atom. The average Bonchev–Trinajstić information content (AvgIpc) is 2.92. The Labute approximate surface area is 228 Å². The highest BCUT2D eigenvalue weighted by Gasteiger charge is 2.32. The van der Waals surface area contributed by atoms with E-state index < -0.39 is 24.0 Å². The predicted octanol–water partition coefficient (Wildman–Crippen LogP) is 3.67. The maximum atomic E-state index is 13.3. The number of carbonyl (C=O) groups excluding carboxylic acids is 3. The van der Waals surface area contributed by atoms with Gasteiger partial charge < -0.3 is 35.6 Å². The van der Waals surface area contributed by atoms with Gasteiger partial charge >= 0.3 is 12.1 Å². The molecule has 2 aromatic rings. The smallest absolute Gasteiger partial charge is 0.321 e. The molecule has 1 aliphatic rings. The molecule has 3 atom stereocenters. The third-order valence-corrected chi connectivity index (χ3v) is 6.49. The van der Waals surface area contributed by atoms with Crippen LogP contribution in [0, 0.1) is 11.7 Å². The SMILES string of the molecule is CC(C)NC(=O)Nc1ccc2c(c1)CC(=O)N([C@H](C)CO)C[C@@H](C)[C@H](CN(C)C(=O)Nc1ccc(F)cc1)O2. The van der Waals surface area contributed by atoms with Crippen molar-refractivity contribution < 1.29 is 28.6 Å². The lowest BCUT2D eigenvalue weighted by atomic mass is 10.0. The summed E-state index contributed by atoms with van der Waals surface area (Å²) in [4.78, 5) is 41.5. The Morgan fingerprint density at radius 2 is 1.79 bits per heavy atom. The van der Waals surface area contributed by atoms with Gasteiger partial charge in [0.15, 0.2) is 0 Å². The van der Waals surface area contributed by atoms with Crippen molar-refractivity contribution in [3.63, 3.8) is 0 Å². The molecule has 0 aliphatic carbocycles. The van der Waals surface area contributed by atoms with Crippen LogP contribution in [0.3, 0.4) is 0 Å². The zero-order valence-corrected chi connectivity index (χ0v) is 23.0. The third kappa shape index (κ3) is 8.31. The van der Waals surface area contributed by atoms with Gasteiger partial charge in [0.2, 0.25) is 5.91 Å². The second-order valence-corrected chi connectivity index (χ2v) is 10.3. The maximum absolute atomic E-state index is 13.3. The average molecular weight is 544 g/mol. The number of aliphatic hydroxyl groups is 1. The molecule has 0 bridgehead atoms. The molecule has 0 unspecified atom stereocenters. The minimum Gasteiger partial charge on any atom is -0.488 e. The number of nitrogens with one attached hydrogen (secondary N) is 3. The summed E-state index contributed by atoms with van der Waals surface area (Å²) in [6.07, 6.45) is -0.489. The number of rotatable bonds is 7. The van der Waals surface area contributed by atoms with Gasteiger partial charge in [-0.25, -0.2) is 14.0 Å². The Hall–Kier alpha value is -3.86. The number of anilines is 2. The number of hydrogen-bond donors (Lipinski definition) is 4. The number of carbonyl (C=O) groups is 3. The molecule has 1 aliphatic heterocycles. The van der Waals surface area contributed by atoms with Crippen molar-refractivity contribution in [3.05, 3.63) is 53.8 Å². The third-order valence-electron chi connectivity index (χ3n) is 6.49. The topological polar surface area (TPSA) is 123 Å². The molecule has 1 heterocycles. The van der Waals surface area contributed by atoms with E-state index in [0.29, 0.717) is 29.2 Å². The molecule has 0 saturated heterocycles. The molecule has 0 aromatic heterocycles. The summed E-state index contributed by atoms with van der Waals surface area (Å²) >= 11 is 0. The molecule has 0 saturated carbocycles. The predicted molar refractivity (Wildman–Crippen MR) is 147 cm³/mol. The van der Waals surface area contributed by atoms with Crippen LogP contribution in [0.25, 0.3) is 0 Å². The van der Waals surface area contributed by atoms with E-state index in [0.717, 1.165) is 0 Å². The van der Waals surface area contributed by atoms with E-state index >= 15 is 0 Å². The molecule has 39 heavy (non-hydrogen) atoms. The number of urea groups is 2. The Balaban J connectivity index is 1.86. The Morgan fingerprint density at radius 3 is 2.44 bits per heavy atom. The molecule has 0 radical (unpaired) electrons. The van der Waals surface area contributed by atoms with Crippen molar-refractivity contribution in [2.45, 2.75) is 52.3 Å². The summed E-state index contributed by atoms with van der Waals surface area (Å²) in [5.41, 5.74) is 1.54. The number of fused-ring (bicyclic) bond motifs is 1. The monoisotopic (exact) mass is 543 g/mol. The molecule has 0 spiro atoms. The molecule has 4 N–H and O–H groups in total. The van der Waals surface area contributed by atoms with Gasteiger partial charge in [-0.15, -0.1) is 0 Å². The first-order valence-corrected chi connectivity index (χ1v) is 13.0. The van der Waals surface area contributed by atoms with Crippen molar-refractivity contribution in [1.29, 1.82) is 0 Å². The van der Waals surface area contributed by atoms with E-state index in [2.05, 4.69) is 16.0 Å². The fraction of sp³-hybridized carbons (Fsp3) is 0.464. The molecule has 212 valence electrons. The molecule has 3 rings (SSSR count). The van der Waals surface area contributed by atoms with Gasteiger partial charge in [0.25, 0.3) is 0 Å². The number of hydrogen-bond acceptors (Lipinski definition) is 5. The molecule has 5 amide bonds. The second kappa shape index (κ2) is 13.3. The molecular formula is C28H38FN5O5. The number of benzene rings is 2. The quantitative estimate of drug-likeness (QED) is 0.424. The highest BCUT2D eigenvalue weighted by atomic mass is 19.1. The standard InChI is InChI=1S/C28H38FN5O5/c1-17(2)30-27(37)31-23-10-11-24-20(12-23)13-26(36)34(19(4)16-35)14-18(3)25(39-24)15-33(5)28(38)32-22-8-6-21(29)7-9-22/h6-12,17-19,25,35H,13-16H2,1-5H3,(H,32,38)(H2,30,31,37)/t18-,19-,25+/m1/s1. The van der Waals surface area contributed by atoms with Gasteiger partial charge in [-0.1, -0.05) is 6.92 Å². The lowest BCUT2D eigenvalue weighted by Gasteiger charge is -2.34. The zero-order chi connectivity index (χ0) is 28.7. The lowest BCUT2D eigenvalue weighted by molar-refractivity contribution is -0.134. The normalized spacial score (nSPS) is 18.2. The minimum absolute atomic E-state index is 0.0152. The van der Waals surface area contributed by atoms with Gasteiger partial charge in [-0.2, -0.15) is 0 Å². The van der Waals surface area contributed by atoms with Crippen molar-refractivity contribution in [2.24, 2.45) is 5.92 Å². The lowest BCUT2D eigenvalue weighted by Crippen LogP contribution is -2.48. The van der Waals surface area contributed by atoms with Crippen LogP contribution in [0.1, 0.15) is 33.3 Å².